The number of hydrogen-bond acceptors (Lipinski definition) is 3. The summed E-state index contributed by atoms with van der Waals surface area (Å²) < 4.78 is 34.6. The van der Waals surface area contributed by atoms with Gasteiger partial charge in [0.2, 0.25) is 0 Å². The van der Waals surface area contributed by atoms with Gasteiger partial charge in [-0.15, -0.1) is 0 Å². The Kier molecular flexibility index (Phi) is 6.03. The van der Waals surface area contributed by atoms with E-state index in [0.717, 1.165) is 21.1 Å². The summed E-state index contributed by atoms with van der Waals surface area (Å²) in [4.78, 5) is 0.367. The van der Waals surface area contributed by atoms with E-state index < -0.39 is 10.0 Å². The van der Waals surface area contributed by atoms with E-state index in [9.17, 15) is 8.42 Å². The van der Waals surface area contributed by atoms with Crippen molar-refractivity contribution in [3.05, 3.63) is 48.5 Å². The Morgan fingerprint density at radius 3 is 2.64 bits per heavy atom. The number of rotatable bonds is 7. The summed E-state index contributed by atoms with van der Waals surface area (Å²) in [6.45, 7) is 2.39. The average molecular weight is 384 g/mol. The third-order valence-corrected chi connectivity index (χ3v) is 7.00. The Hall–Kier alpha value is -1.33. The summed E-state index contributed by atoms with van der Waals surface area (Å²) in [6.07, 6.45) is 0.766. The molecule has 6 heteroatoms. The molecule has 0 saturated heterocycles. The van der Waals surface area contributed by atoms with E-state index in [1.54, 1.807) is 19.2 Å². The van der Waals surface area contributed by atoms with Crippen molar-refractivity contribution in [1.82, 2.24) is 4.72 Å². The molecule has 0 spiro atoms. The van der Waals surface area contributed by atoms with Crippen LogP contribution in [0.2, 0.25) is 0 Å². The van der Waals surface area contributed by atoms with Gasteiger partial charge in [0.25, 0.3) is 0 Å². The van der Waals surface area contributed by atoms with E-state index in [1.807, 2.05) is 43.3 Å². The Labute approximate surface area is 138 Å². The van der Waals surface area contributed by atoms with Crippen molar-refractivity contribution in [2.75, 3.05) is 13.7 Å². The van der Waals surface area contributed by atoms with Crippen molar-refractivity contribution in [3.63, 3.8) is 0 Å². The normalized spacial score (nSPS) is 11.4. The maximum absolute atomic E-state index is 12.4. The first-order valence-corrected chi connectivity index (χ1v) is 10.2. The van der Waals surface area contributed by atoms with Crippen molar-refractivity contribution in [1.29, 1.82) is 0 Å². The number of methoxy groups -OCH3 is 1. The molecule has 2 aromatic rings. The van der Waals surface area contributed by atoms with Crippen molar-refractivity contribution in [2.45, 2.75) is 18.2 Å². The van der Waals surface area contributed by atoms with Crippen LogP contribution in [0, 0.1) is 0 Å². The van der Waals surface area contributed by atoms with Crippen LogP contribution in [0.1, 0.15) is 13.3 Å². The Morgan fingerprint density at radius 1 is 1.14 bits per heavy atom. The number of ether oxygens (including phenoxy) is 1. The van der Waals surface area contributed by atoms with Crippen LogP contribution in [-0.4, -0.2) is 37.0 Å². The number of benzene rings is 2. The van der Waals surface area contributed by atoms with Crippen LogP contribution in [0.3, 0.4) is 0 Å². The summed E-state index contributed by atoms with van der Waals surface area (Å²) in [5.74, 6) is 0.781. The van der Waals surface area contributed by atoms with Gasteiger partial charge in [-0.25, -0.2) is 0 Å². The summed E-state index contributed by atoms with van der Waals surface area (Å²) in [6, 6.07) is 14.9. The van der Waals surface area contributed by atoms with Gasteiger partial charge < -0.3 is 0 Å². The predicted molar refractivity (Wildman–Crippen MR) is 89.9 cm³/mol. The van der Waals surface area contributed by atoms with E-state index in [4.69, 9.17) is 4.74 Å². The van der Waals surface area contributed by atoms with Gasteiger partial charge in [0.1, 0.15) is 0 Å². The van der Waals surface area contributed by atoms with Gasteiger partial charge in [-0.2, -0.15) is 0 Å². The molecule has 0 radical (unpaired) electrons. The van der Waals surface area contributed by atoms with Gasteiger partial charge in [-0.1, -0.05) is 0 Å². The standard InChI is InChI=1S/C16H19NO3SSe/c1-3-11-17-21(18,19)15-9-4-5-10-16(15)22-14-8-6-7-13(12-14)20-2/h4-10,12,17H,3,11H2,1-2H3. The van der Waals surface area contributed by atoms with Crippen LogP contribution in [0.15, 0.2) is 53.4 Å². The molecule has 22 heavy (non-hydrogen) atoms. The van der Waals surface area contributed by atoms with Crippen molar-refractivity contribution in [3.8, 4) is 5.75 Å². The summed E-state index contributed by atoms with van der Waals surface area (Å²) in [7, 11) is -1.83. The van der Waals surface area contributed by atoms with Gasteiger partial charge in [0, 0.05) is 0 Å². The molecule has 1 N–H and O–H groups in total. The second-order valence-electron chi connectivity index (χ2n) is 4.63. The Balaban J connectivity index is 2.32. The fourth-order valence-corrected chi connectivity index (χ4v) is 5.86. The topological polar surface area (TPSA) is 55.4 Å². The Morgan fingerprint density at radius 2 is 1.91 bits per heavy atom. The molecule has 2 aromatic carbocycles. The molecule has 0 aliphatic heterocycles. The molecule has 0 unspecified atom stereocenters. The predicted octanol–water partition coefficient (Wildman–Crippen LogP) is 1.04. The molecule has 4 nitrogen and oxygen atoms in total. The molecule has 0 saturated carbocycles. The molecule has 0 amide bonds. The van der Waals surface area contributed by atoms with E-state index in [2.05, 4.69) is 4.72 Å². The SMILES string of the molecule is CCCNS(=O)(=O)c1ccccc1[Se]c1cccc(OC)c1. The number of hydrogen-bond donors (Lipinski definition) is 1. The van der Waals surface area contributed by atoms with Crippen LogP contribution in [0.5, 0.6) is 5.75 Å². The zero-order valence-corrected chi connectivity index (χ0v) is 15.1. The van der Waals surface area contributed by atoms with Crippen LogP contribution >= 0.6 is 0 Å². The van der Waals surface area contributed by atoms with Crippen molar-refractivity contribution in [2.24, 2.45) is 0 Å². The molecule has 0 aliphatic carbocycles. The molecule has 0 atom stereocenters. The van der Waals surface area contributed by atoms with Gasteiger partial charge in [0.15, 0.2) is 0 Å². The molecule has 0 bridgehead atoms. The molecule has 0 aliphatic rings. The van der Waals surface area contributed by atoms with Crippen LogP contribution in [0.25, 0.3) is 0 Å². The van der Waals surface area contributed by atoms with E-state index >= 15 is 0 Å². The minimum absolute atomic E-state index is 0.105. The molecular weight excluding hydrogens is 365 g/mol. The second kappa shape index (κ2) is 7.79. The first kappa shape index (κ1) is 17.0. The van der Waals surface area contributed by atoms with E-state index in [-0.39, 0.29) is 15.0 Å². The van der Waals surface area contributed by atoms with Gasteiger partial charge in [-0.3, -0.25) is 0 Å². The van der Waals surface area contributed by atoms with E-state index in [0.29, 0.717) is 11.4 Å². The number of nitrogens with one attached hydrogen (secondary N) is 1. The summed E-state index contributed by atoms with van der Waals surface area (Å²) >= 11 is -0.105. The molecule has 118 valence electrons. The first-order valence-electron chi connectivity index (χ1n) is 6.97. The maximum atomic E-state index is 12.4. The average Bonchev–Trinajstić information content (AvgIpc) is 2.53. The van der Waals surface area contributed by atoms with Crippen molar-refractivity contribution < 1.29 is 13.2 Å². The van der Waals surface area contributed by atoms with Crippen LogP contribution in [0.4, 0.5) is 0 Å². The quantitative estimate of drug-likeness (QED) is 0.726. The van der Waals surface area contributed by atoms with Crippen LogP contribution < -0.4 is 18.4 Å². The summed E-state index contributed by atoms with van der Waals surface area (Å²) in [5, 5.41) is 0. The monoisotopic (exact) mass is 385 g/mol. The number of sulfonamides is 1. The second-order valence-corrected chi connectivity index (χ2v) is 8.70. The molecular formula is C16H19NO3SSe. The molecule has 0 aromatic heterocycles. The van der Waals surface area contributed by atoms with Gasteiger partial charge in [0.05, 0.1) is 0 Å². The molecule has 0 heterocycles. The fourth-order valence-electron chi connectivity index (χ4n) is 1.86. The van der Waals surface area contributed by atoms with Crippen molar-refractivity contribution >= 4 is 33.9 Å². The van der Waals surface area contributed by atoms with Gasteiger partial charge in [-0.05, 0) is 0 Å². The van der Waals surface area contributed by atoms with Crippen LogP contribution in [-0.2, 0) is 10.0 Å². The van der Waals surface area contributed by atoms with Gasteiger partial charge >= 0.3 is 138 Å². The van der Waals surface area contributed by atoms with E-state index in [1.165, 1.54) is 0 Å². The Bertz CT molecular complexity index is 732. The fraction of sp³-hybridized carbons (Fsp3) is 0.250. The zero-order valence-electron chi connectivity index (χ0n) is 12.6. The third kappa shape index (κ3) is 4.33. The molecule has 0 fully saturated rings. The minimum atomic E-state index is -3.45. The first-order chi connectivity index (χ1) is 10.6. The summed E-state index contributed by atoms with van der Waals surface area (Å²) in [5.41, 5.74) is 0. The zero-order chi connectivity index (χ0) is 16.0. The molecule has 2 rings (SSSR count). The third-order valence-electron chi connectivity index (χ3n) is 2.95.